The molecule has 0 spiro atoms. The highest BCUT2D eigenvalue weighted by Crippen LogP contribution is 2.18. The van der Waals surface area contributed by atoms with Crippen LogP contribution in [0.25, 0.3) is 0 Å². The summed E-state index contributed by atoms with van der Waals surface area (Å²) in [5.74, 6) is -1.16. The van der Waals surface area contributed by atoms with Crippen LogP contribution in [0.4, 0.5) is 5.69 Å². The molecule has 2 rings (SSSR count). The smallest absolute Gasteiger partial charge is 0.337 e. The van der Waals surface area contributed by atoms with E-state index in [2.05, 4.69) is 10.6 Å². The Morgan fingerprint density at radius 3 is 2.25 bits per heavy atom. The monoisotopic (exact) mass is 382 g/mol. The Kier molecular flexibility index (Phi) is 6.93. The zero-order valence-corrected chi connectivity index (χ0v) is 16.8. The van der Waals surface area contributed by atoms with Gasteiger partial charge in [0.25, 0.3) is 5.91 Å². The molecule has 6 heteroatoms. The highest BCUT2D eigenvalue weighted by Gasteiger charge is 2.25. The molecule has 0 unspecified atom stereocenters. The lowest BCUT2D eigenvalue weighted by atomic mass is 10.0. The van der Waals surface area contributed by atoms with Crippen LogP contribution >= 0.6 is 0 Å². The summed E-state index contributed by atoms with van der Waals surface area (Å²) in [6.45, 7) is 7.43. The summed E-state index contributed by atoms with van der Waals surface area (Å²) in [7, 11) is 1.32. The number of benzene rings is 2. The Hall–Kier alpha value is -3.15. The molecule has 28 heavy (non-hydrogen) atoms. The zero-order chi connectivity index (χ0) is 20.8. The van der Waals surface area contributed by atoms with Crippen molar-refractivity contribution in [1.29, 1.82) is 0 Å². The molecule has 0 aliphatic carbocycles. The fourth-order valence-corrected chi connectivity index (χ4v) is 2.81. The predicted octanol–water partition coefficient (Wildman–Crippen LogP) is 3.48. The summed E-state index contributed by atoms with van der Waals surface area (Å²) >= 11 is 0. The Labute approximate surface area is 165 Å². The highest BCUT2D eigenvalue weighted by molar-refractivity contribution is 6.02. The van der Waals surface area contributed by atoms with Crippen molar-refractivity contribution < 1.29 is 19.1 Å². The SMILES string of the molecule is COC(=O)c1ccc(NC(=O)[C@H](NC(=O)c2cccc(C)c2)C(C)C)c(C)c1. The molecule has 1 atom stereocenters. The molecule has 0 aliphatic rings. The number of methoxy groups -OCH3 is 1. The molecule has 2 amide bonds. The molecule has 0 aliphatic heterocycles. The van der Waals surface area contributed by atoms with E-state index in [0.717, 1.165) is 11.1 Å². The first kappa shape index (κ1) is 21.2. The summed E-state index contributed by atoms with van der Waals surface area (Å²) in [4.78, 5) is 37.0. The van der Waals surface area contributed by atoms with Crippen molar-refractivity contribution in [2.24, 2.45) is 5.92 Å². The van der Waals surface area contributed by atoms with E-state index in [-0.39, 0.29) is 17.7 Å². The quantitative estimate of drug-likeness (QED) is 0.749. The molecule has 0 fully saturated rings. The van der Waals surface area contributed by atoms with Crippen LogP contribution in [0, 0.1) is 19.8 Å². The van der Waals surface area contributed by atoms with Crippen molar-refractivity contribution in [1.82, 2.24) is 5.32 Å². The number of ether oxygens (including phenoxy) is 1. The van der Waals surface area contributed by atoms with Gasteiger partial charge in [0, 0.05) is 11.3 Å². The van der Waals surface area contributed by atoms with E-state index in [9.17, 15) is 14.4 Å². The lowest BCUT2D eigenvalue weighted by molar-refractivity contribution is -0.118. The summed E-state index contributed by atoms with van der Waals surface area (Å²) in [5.41, 5.74) is 3.19. The molecule has 0 saturated heterocycles. The van der Waals surface area contributed by atoms with Gasteiger partial charge in [0.05, 0.1) is 12.7 Å². The predicted molar refractivity (Wildman–Crippen MR) is 108 cm³/mol. The second kappa shape index (κ2) is 9.17. The largest absolute Gasteiger partial charge is 0.465 e. The van der Waals surface area contributed by atoms with Gasteiger partial charge in [0.2, 0.25) is 5.91 Å². The zero-order valence-electron chi connectivity index (χ0n) is 16.8. The number of esters is 1. The van der Waals surface area contributed by atoms with Crippen LogP contribution in [0.2, 0.25) is 0 Å². The molecule has 0 aromatic heterocycles. The lowest BCUT2D eigenvalue weighted by Crippen LogP contribution is -2.47. The van der Waals surface area contributed by atoms with Gasteiger partial charge >= 0.3 is 5.97 Å². The molecule has 0 radical (unpaired) electrons. The van der Waals surface area contributed by atoms with Crippen LogP contribution in [-0.2, 0) is 9.53 Å². The molecule has 2 aromatic rings. The highest BCUT2D eigenvalue weighted by atomic mass is 16.5. The molecule has 0 bridgehead atoms. The van der Waals surface area contributed by atoms with Gasteiger partial charge in [-0.05, 0) is 55.7 Å². The third kappa shape index (κ3) is 5.19. The van der Waals surface area contributed by atoms with Crippen LogP contribution in [0.3, 0.4) is 0 Å². The lowest BCUT2D eigenvalue weighted by Gasteiger charge is -2.22. The van der Waals surface area contributed by atoms with Crippen LogP contribution in [0.1, 0.15) is 45.7 Å². The van der Waals surface area contributed by atoms with E-state index in [1.165, 1.54) is 7.11 Å². The van der Waals surface area contributed by atoms with Crippen molar-refractivity contribution in [2.45, 2.75) is 33.7 Å². The van der Waals surface area contributed by atoms with Crippen molar-refractivity contribution in [3.8, 4) is 0 Å². The first-order chi connectivity index (χ1) is 13.2. The number of amides is 2. The number of hydrogen-bond acceptors (Lipinski definition) is 4. The summed E-state index contributed by atoms with van der Waals surface area (Å²) in [6.07, 6.45) is 0. The summed E-state index contributed by atoms with van der Waals surface area (Å²) in [6, 6.07) is 11.4. The van der Waals surface area contributed by atoms with Gasteiger partial charge in [0.1, 0.15) is 6.04 Å². The topological polar surface area (TPSA) is 84.5 Å². The second-order valence-electron chi connectivity index (χ2n) is 7.08. The molecular weight excluding hydrogens is 356 g/mol. The first-order valence-electron chi connectivity index (χ1n) is 9.10. The summed E-state index contributed by atoms with van der Waals surface area (Å²) in [5, 5.41) is 5.65. The third-order valence-electron chi connectivity index (χ3n) is 4.42. The Morgan fingerprint density at radius 1 is 0.964 bits per heavy atom. The van der Waals surface area contributed by atoms with E-state index >= 15 is 0 Å². The maximum Gasteiger partial charge on any atom is 0.337 e. The number of aryl methyl sites for hydroxylation is 2. The fraction of sp³-hybridized carbons (Fsp3) is 0.318. The van der Waals surface area contributed by atoms with Crippen molar-refractivity contribution in [3.63, 3.8) is 0 Å². The molecule has 0 saturated carbocycles. The van der Waals surface area contributed by atoms with Gasteiger partial charge in [-0.25, -0.2) is 4.79 Å². The van der Waals surface area contributed by atoms with Gasteiger partial charge in [0.15, 0.2) is 0 Å². The maximum atomic E-state index is 12.8. The number of nitrogens with one attached hydrogen (secondary N) is 2. The van der Waals surface area contributed by atoms with E-state index in [1.54, 1.807) is 43.3 Å². The molecule has 6 nitrogen and oxygen atoms in total. The number of carbonyl (C=O) groups excluding carboxylic acids is 3. The average molecular weight is 382 g/mol. The van der Waals surface area contributed by atoms with E-state index < -0.39 is 12.0 Å². The fourth-order valence-electron chi connectivity index (χ4n) is 2.81. The third-order valence-corrected chi connectivity index (χ3v) is 4.42. The Balaban J connectivity index is 2.15. The van der Waals surface area contributed by atoms with Gasteiger partial charge in [-0.2, -0.15) is 0 Å². The maximum absolute atomic E-state index is 12.8. The van der Waals surface area contributed by atoms with Gasteiger partial charge in [-0.3, -0.25) is 9.59 Å². The van der Waals surface area contributed by atoms with Crippen molar-refractivity contribution in [2.75, 3.05) is 12.4 Å². The van der Waals surface area contributed by atoms with Crippen LogP contribution in [-0.4, -0.2) is 30.9 Å². The normalized spacial score (nSPS) is 11.6. The van der Waals surface area contributed by atoms with Gasteiger partial charge < -0.3 is 15.4 Å². The number of hydrogen-bond donors (Lipinski definition) is 2. The molecule has 2 N–H and O–H groups in total. The van der Waals surface area contributed by atoms with Gasteiger partial charge in [-0.1, -0.05) is 31.5 Å². The van der Waals surface area contributed by atoms with E-state index in [4.69, 9.17) is 4.74 Å². The number of rotatable bonds is 6. The number of anilines is 1. The standard InChI is InChI=1S/C22H26N2O4/c1-13(2)19(24-20(25)16-8-6-7-14(3)11-16)21(26)23-18-10-9-17(12-15(18)4)22(27)28-5/h6-13,19H,1-5H3,(H,23,26)(H,24,25)/t19-/m1/s1. The van der Waals surface area contributed by atoms with E-state index in [0.29, 0.717) is 16.8 Å². The second-order valence-corrected chi connectivity index (χ2v) is 7.08. The number of carbonyl (C=O) groups is 3. The minimum absolute atomic E-state index is 0.108. The minimum Gasteiger partial charge on any atom is -0.465 e. The van der Waals surface area contributed by atoms with Gasteiger partial charge in [-0.15, -0.1) is 0 Å². The van der Waals surface area contributed by atoms with Crippen LogP contribution in [0.5, 0.6) is 0 Å². The minimum atomic E-state index is -0.701. The first-order valence-corrected chi connectivity index (χ1v) is 9.10. The molecule has 148 valence electrons. The average Bonchev–Trinajstić information content (AvgIpc) is 2.66. The molecule has 0 heterocycles. The molecular formula is C22H26N2O4. The Morgan fingerprint density at radius 2 is 1.68 bits per heavy atom. The molecule has 2 aromatic carbocycles. The van der Waals surface area contributed by atoms with Crippen LogP contribution < -0.4 is 10.6 Å². The Bertz CT molecular complexity index is 890. The van der Waals surface area contributed by atoms with Crippen LogP contribution in [0.15, 0.2) is 42.5 Å². The van der Waals surface area contributed by atoms with E-state index in [1.807, 2.05) is 26.8 Å². The van der Waals surface area contributed by atoms with Crippen molar-refractivity contribution >= 4 is 23.5 Å². The van der Waals surface area contributed by atoms with Crippen molar-refractivity contribution in [3.05, 3.63) is 64.7 Å². The summed E-state index contributed by atoms with van der Waals surface area (Å²) < 4.78 is 4.70.